The van der Waals surface area contributed by atoms with Gasteiger partial charge in [0.15, 0.2) is 6.20 Å². The number of benzene rings is 2. The van der Waals surface area contributed by atoms with Crippen molar-refractivity contribution in [3.63, 3.8) is 0 Å². The number of anilines is 1. The van der Waals surface area contributed by atoms with Crippen LogP contribution in [0.3, 0.4) is 0 Å². The van der Waals surface area contributed by atoms with Gasteiger partial charge < -0.3 is 4.90 Å². The maximum atomic E-state index is 2.45. The number of para-hydroxylation sites is 2. The third-order valence-corrected chi connectivity index (χ3v) is 6.72. The fourth-order valence-corrected chi connectivity index (χ4v) is 4.78. The number of rotatable bonds is 5. The molecule has 0 saturated carbocycles. The molecule has 0 spiro atoms. The monoisotopic (exact) mass is 485 g/mol. The molecule has 2 aromatic carbocycles. The number of pyridine rings is 1. The zero-order valence-electron chi connectivity index (χ0n) is 15.3. The van der Waals surface area contributed by atoms with Crippen molar-refractivity contribution in [1.82, 2.24) is 0 Å². The van der Waals surface area contributed by atoms with Crippen LogP contribution in [0.4, 0.5) is 5.69 Å². The van der Waals surface area contributed by atoms with Crippen LogP contribution in [0, 0.1) is 0 Å². The first kappa shape index (κ1) is 18.6. The van der Waals surface area contributed by atoms with Crippen LogP contribution in [0.15, 0.2) is 82.9 Å². The summed E-state index contributed by atoms with van der Waals surface area (Å²) in [5.41, 5.74) is 3.84. The van der Waals surface area contributed by atoms with Gasteiger partial charge in [0, 0.05) is 34.9 Å². The van der Waals surface area contributed by atoms with Crippen LogP contribution < -0.4 is 9.47 Å². The molecule has 4 heteroatoms. The molecule has 3 aromatic rings. The van der Waals surface area contributed by atoms with Gasteiger partial charge in [0.25, 0.3) is 0 Å². The Morgan fingerprint density at radius 2 is 1.89 bits per heavy atom. The second kappa shape index (κ2) is 8.48. The summed E-state index contributed by atoms with van der Waals surface area (Å²) in [6, 6.07) is 19.5. The Morgan fingerprint density at radius 1 is 1.07 bits per heavy atom. The summed E-state index contributed by atoms with van der Waals surface area (Å²) < 4.78 is 3.54. The molecule has 1 aliphatic heterocycles. The van der Waals surface area contributed by atoms with Gasteiger partial charge in [0.1, 0.15) is 6.54 Å². The Balaban J connectivity index is 1.61. The molecular weight excluding hydrogens is 463 g/mol. The molecule has 2 nitrogen and oxygen atoms in total. The van der Waals surface area contributed by atoms with E-state index in [1.165, 1.54) is 42.9 Å². The summed E-state index contributed by atoms with van der Waals surface area (Å²) in [4.78, 5) is 3.58. The van der Waals surface area contributed by atoms with Crippen molar-refractivity contribution in [3.05, 3.63) is 83.5 Å². The first-order chi connectivity index (χ1) is 13.3. The van der Waals surface area contributed by atoms with Crippen LogP contribution in [-0.2, 0) is 6.54 Å². The number of thioether (sulfide) groups is 1. The van der Waals surface area contributed by atoms with Crippen molar-refractivity contribution in [1.29, 1.82) is 0 Å². The van der Waals surface area contributed by atoms with Crippen molar-refractivity contribution >= 4 is 57.0 Å². The Labute approximate surface area is 178 Å². The Kier molecular flexibility index (Phi) is 5.83. The fourth-order valence-electron chi connectivity index (χ4n) is 3.38. The normalized spacial score (nSPS) is 15.2. The Hall–Kier alpha value is -1.79. The van der Waals surface area contributed by atoms with Crippen LogP contribution in [0.2, 0.25) is 0 Å². The Bertz CT molecular complexity index is 1030. The number of hydrogen-bond acceptors (Lipinski definition) is 2. The summed E-state index contributed by atoms with van der Waals surface area (Å²) in [5.74, 6) is 0. The van der Waals surface area contributed by atoms with E-state index in [-0.39, 0.29) is 0 Å². The quantitative estimate of drug-likeness (QED) is 0.247. The van der Waals surface area contributed by atoms with E-state index in [1.54, 1.807) is 0 Å². The average molecular weight is 485 g/mol. The van der Waals surface area contributed by atoms with E-state index in [9.17, 15) is 0 Å². The topological polar surface area (TPSA) is 7.12 Å². The molecule has 0 amide bonds. The molecule has 0 N–H and O–H groups in total. The first-order valence-electron chi connectivity index (χ1n) is 9.14. The van der Waals surface area contributed by atoms with Gasteiger partial charge in [-0.1, -0.05) is 70.8 Å². The molecule has 27 heavy (non-hydrogen) atoms. The van der Waals surface area contributed by atoms with Crippen LogP contribution in [0.5, 0.6) is 0 Å². The highest BCUT2D eigenvalue weighted by Crippen LogP contribution is 2.44. The maximum Gasteiger partial charge on any atom is 0.213 e. The van der Waals surface area contributed by atoms with Crippen molar-refractivity contribution in [2.24, 2.45) is 0 Å². The van der Waals surface area contributed by atoms with Crippen LogP contribution >= 0.6 is 34.4 Å². The van der Waals surface area contributed by atoms with Gasteiger partial charge in [-0.3, -0.25) is 0 Å². The van der Waals surface area contributed by atoms with Gasteiger partial charge in [-0.15, -0.1) is 0 Å². The summed E-state index contributed by atoms with van der Waals surface area (Å²) >= 11 is 4.27. The lowest BCUT2D eigenvalue weighted by Gasteiger charge is -2.12. The zero-order chi connectivity index (χ0) is 18.6. The van der Waals surface area contributed by atoms with Gasteiger partial charge in [-0.25, -0.2) is 0 Å². The number of nitrogens with zero attached hydrogens (tertiary/aromatic N) is 2. The molecule has 0 radical (unpaired) electrons. The minimum Gasteiger partial charge on any atom is -0.338 e. The van der Waals surface area contributed by atoms with Gasteiger partial charge in [0.2, 0.25) is 5.52 Å². The minimum absolute atomic E-state index is 1.07. The van der Waals surface area contributed by atoms with Crippen LogP contribution in [0.25, 0.3) is 17.0 Å². The largest absolute Gasteiger partial charge is 0.338 e. The predicted molar refractivity (Wildman–Crippen MR) is 125 cm³/mol. The molecular formula is C23H22IN2S+. The SMILES string of the molecule is CN1/C(=C/C=C/c2cc[n+](CCCI)c3ccccc23)Sc2ccccc21. The predicted octanol–water partition coefficient (Wildman–Crippen LogP) is 6.05. The highest BCUT2D eigenvalue weighted by atomic mass is 127. The first-order valence-corrected chi connectivity index (χ1v) is 11.5. The van der Waals surface area contributed by atoms with E-state index in [2.05, 4.69) is 118 Å². The molecule has 0 unspecified atom stereocenters. The molecule has 1 aliphatic rings. The van der Waals surface area contributed by atoms with Crippen LogP contribution in [-0.4, -0.2) is 11.5 Å². The number of aryl methyl sites for hydroxylation is 1. The van der Waals surface area contributed by atoms with Gasteiger partial charge >= 0.3 is 0 Å². The van der Waals surface area contributed by atoms with Crippen molar-refractivity contribution < 1.29 is 4.57 Å². The second-order valence-electron chi connectivity index (χ2n) is 6.52. The van der Waals surface area contributed by atoms with E-state index in [1.807, 2.05) is 11.8 Å². The molecule has 0 atom stereocenters. The van der Waals surface area contributed by atoms with E-state index < -0.39 is 0 Å². The highest BCUT2D eigenvalue weighted by Gasteiger charge is 2.20. The summed E-state index contributed by atoms with van der Waals surface area (Å²) in [7, 11) is 2.13. The molecule has 0 fully saturated rings. The van der Waals surface area contributed by atoms with Gasteiger partial charge in [-0.2, -0.15) is 4.57 Å². The summed E-state index contributed by atoms with van der Waals surface area (Å²) in [6.45, 7) is 1.07. The standard InChI is InChI=1S/C23H22IN2S/c1-25-21-11-4-5-12-22(21)27-23(25)13-6-8-18-14-17-26(16-7-15-24)20-10-3-2-9-19(18)20/h2-6,8-14,17H,7,15-16H2,1H3/q+1. The van der Waals surface area contributed by atoms with Gasteiger partial charge in [0.05, 0.1) is 16.1 Å². The lowest BCUT2D eigenvalue weighted by atomic mass is 10.1. The fraction of sp³-hybridized carbons (Fsp3) is 0.174. The second-order valence-corrected chi connectivity index (χ2v) is 8.66. The van der Waals surface area contributed by atoms with Gasteiger partial charge in [-0.05, 0) is 29.8 Å². The summed E-state index contributed by atoms with van der Waals surface area (Å²) in [5, 5.41) is 2.56. The minimum atomic E-state index is 1.07. The average Bonchev–Trinajstić information content (AvgIpc) is 3.03. The van der Waals surface area contributed by atoms with E-state index in [0.29, 0.717) is 0 Å². The van der Waals surface area contributed by atoms with Crippen LogP contribution in [0.1, 0.15) is 12.0 Å². The number of aromatic nitrogens is 1. The number of allylic oxidation sites excluding steroid dienone is 2. The molecule has 136 valence electrons. The van der Waals surface area contributed by atoms with Crippen molar-refractivity contribution in [2.45, 2.75) is 17.9 Å². The Morgan fingerprint density at radius 3 is 2.74 bits per heavy atom. The smallest absolute Gasteiger partial charge is 0.213 e. The van der Waals surface area contributed by atoms with E-state index in [4.69, 9.17) is 0 Å². The molecule has 0 aliphatic carbocycles. The number of halogens is 1. The molecule has 4 rings (SSSR count). The third kappa shape index (κ3) is 3.92. The van der Waals surface area contributed by atoms with Crippen molar-refractivity contribution in [3.8, 4) is 0 Å². The number of fused-ring (bicyclic) bond motifs is 2. The third-order valence-electron chi connectivity index (χ3n) is 4.78. The molecule has 2 heterocycles. The van der Waals surface area contributed by atoms with Crippen molar-refractivity contribution in [2.75, 3.05) is 16.4 Å². The molecule has 0 bridgehead atoms. The van der Waals surface area contributed by atoms with E-state index in [0.717, 1.165) is 6.54 Å². The van der Waals surface area contributed by atoms with E-state index >= 15 is 0 Å². The maximum absolute atomic E-state index is 2.45. The zero-order valence-corrected chi connectivity index (χ0v) is 18.3. The lowest BCUT2D eigenvalue weighted by molar-refractivity contribution is -0.671. The number of alkyl halides is 1. The lowest BCUT2D eigenvalue weighted by Crippen LogP contribution is -2.34. The summed E-state index contributed by atoms with van der Waals surface area (Å²) in [6.07, 6.45) is 10.0. The molecule has 0 saturated heterocycles. The number of hydrogen-bond donors (Lipinski definition) is 0. The highest BCUT2D eigenvalue weighted by molar-refractivity contribution is 14.1. The molecule has 1 aromatic heterocycles.